The molecule has 4 rings (SSSR count). The van der Waals surface area contributed by atoms with Gasteiger partial charge in [0.05, 0.1) is 11.7 Å². The van der Waals surface area contributed by atoms with E-state index in [2.05, 4.69) is 0 Å². The number of rotatable bonds is 3. The van der Waals surface area contributed by atoms with E-state index in [1.54, 1.807) is 0 Å². The highest BCUT2D eigenvalue weighted by Crippen LogP contribution is 2.39. The molecule has 7 atom stereocenters. The van der Waals surface area contributed by atoms with Crippen molar-refractivity contribution in [1.82, 2.24) is 0 Å². The topological polar surface area (TPSA) is 166 Å². The van der Waals surface area contributed by atoms with Gasteiger partial charge in [0.25, 0.3) is 0 Å². The van der Waals surface area contributed by atoms with Crippen LogP contribution in [0.2, 0.25) is 0 Å². The number of benzene rings is 2. The lowest BCUT2D eigenvalue weighted by atomic mass is 9.93. The number of hydrogen-bond donors (Lipinski definition) is 6. The molecule has 2 heterocycles. The number of fused-ring (bicyclic) bond motifs is 1. The Labute approximate surface area is 176 Å². The van der Waals surface area contributed by atoms with E-state index >= 15 is 0 Å². The van der Waals surface area contributed by atoms with E-state index in [4.69, 9.17) is 14.2 Å². The van der Waals surface area contributed by atoms with Crippen LogP contribution < -0.4 is 9.47 Å². The lowest BCUT2D eigenvalue weighted by molar-refractivity contribution is -0.268. The third kappa shape index (κ3) is 3.80. The van der Waals surface area contributed by atoms with E-state index < -0.39 is 54.4 Å². The van der Waals surface area contributed by atoms with E-state index in [1.807, 2.05) is 0 Å². The maximum absolute atomic E-state index is 12.6. The predicted molar refractivity (Wildman–Crippen MR) is 103 cm³/mol. The molecule has 1 saturated heterocycles. The summed E-state index contributed by atoms with van der Waals surface area (Å²) in [5.74, 6) is -1.16. The minimum atomic E-state index is -1.54. The normalized spacial score (nSPS) is 32.8. The number of carbonyl (C=O) groups excluding carboxylic acids is 1. The molecule has 6 N–H and O–H groups in total. The minimum absolute atomic E-state index is 0.0873. The standard InChI is InChI=1S/C21H22O10/c1-8-15(24)17(26)19(28)21(29-8)30-10-3-4-11-14(7-10)31-20(18(27)16(11)25)9-2-5-12(22)13(23)6-9/h2-8,15,17-24,26-28H,1H3/t8-,15+,17+,18+,19-,20+,21+/m1/s1. The molecule has 0 unspecified atom stereocenters. The van der Waals surface area contributed by atoms with Gasteiger partial charge >= 0.3 is 0 Å². The van der Waals surface area contributed by atoms with Crippen LogP contribution in [0.4, 0.5) is 0 Å². The van der Waals surface area contributed by atoms with Gasteiger partial charge in [0.2, 0.25) is 6.29 Å². The first kappa shape index (κ1) is 21.3. The van der Waals surface area contributed by atoms with Crippen molar-refractivity contribution in [2.24, 2.45) is 0 Å². The van der Waals surface area contributed by atoms with Crippen LogP contribution in [0.5, 0.6) is 23.0 Å². The summed E-state index contributed by atoms with van der Waals surface area (Å²) in [5, 5.41) is 59.4. The van der Waals surface area contributed by atoms with Crippen molar-refractivity contribution >= 4 is 5.78 Å². The maximum atomic E-state index is 12.6. The van der Waals surface area contributed by atoms with Gasteiger partial charge in [0, 0.05) is 6.07 Å². The summed E-state index contributed by atoms with van der Waals surface area (Å²) in [6.07, 6.45) is -9.00. The molecule has 31 heavy (non-hydrogen) atoms. The van der Waals surface area contributed by atoms with Crippen molar-refractivity contribution in [2.45, 2.75) is 49.8 Å². The fraction of sp³-hybridized carbons (Fsp3) is 0.381. The van der Waals surface area contributed by atoms with Crippen LogP contribution >= 0.6 is 0 Å². The largest absolute Gasteiger partial charge is 0.504 e. The number of carbonyl (C=O) groups is 1. The molecule has 166 valence electrons. The number of hydrogen-bond acceptors (Lipinski definition) is 10. The van der Waals surface area contributed by atoms with Crippen LogP contribution in [0.3, 0.4) is 0 Å². The van der Waals surface area contributed by atoms with Gasteiger partial charge in [0.15, 0.2) is 29.5 Å². The number of aliphatic hydroxyl groups excluding tert-OH is 4. The summed E-state index contributed by atoms with van der Waals surface area (Å²) in [7, 11) is 0. The molecule has 10 nitrogen and oxygen atoms in total. The second-order valence-corrected chi connectivity index (χ2v) is 7.55. The quantitative estimate of drug-likeness (QED) is 0.362. The van der Waals surface area contributed by atoms with Gasteiger partial charge in [0.1, 0.15) is 29.8 Å². The Bertz CT molecular complexity index is 992. The Morgan fingerprint density at radius 1 is 0.903 bits per heavy atom. The van der Waals surface area contributed by atoms with E-state index in [9.17, 15) is 35.4 Å². The summed E-state index contributed by atoms with van der Waals surface area (Å²) >= 11 is 0. The molecule has 2 aliphatic heterocycles. The molecule has 0 saturated carbocycles. The van der Waals surface area contributed by atoms with Crippen molar-refractivity contribution in [2.75, 3.05) is 0 Å². The predicted octanol–water partition coefficient (Wildman–Crippen LogP) is -0.0186. The van der Waals surface area contributed by atoms with Crippen molar-refractivity contribution in [1.29, 1.82) is 0 Å². The highest BCUT2D eigenvalue weighted by Gasteiger charge is 2.43. The molecule has 0 aromatic heterocycles. The fourth-order valence-corrected chi connectivity index (χ4v) is 3.59. The number of aliphatic hydroxyl groups is 4. The Kier molecular flexibility index (Phi) is 5.50. The maximum Gasteiger partial charge on any atom is 0.229 e. The molecule has 0 amide bonds. The van der Waals surface area contributed by atoms with Gasteiger partial charge in [-0.15, -0.1) is 0 Å². The monoisotopic (exact) mass is 434 g/mol. The molecule has 0 spiro atoms. The fourth-order valence-electron chi connectivity index (χ4n) is 3.59. The van der Waals surface area contributed by atoms with Gasteiger partial charge in [-0.2, -0.15) is 0 Å². The average molecular weight is 434 g/mol. The van der Waals surface area contributed by atoms with Crippen LogP contribution in [0.1, 0.15) is 28.9 Å². The first-order chi connectivity index (χ1) is 14.7. The zero-order valence-corrected chi connectivity index (χ0v) is 16.3. The number of aromatic hydroxyl groups is 2. The number of phenolic OH excluding ortho intramolecular Hbond substituents is 2. The number of ether oxygens (including phenoxy) is 3. The minimum Gasteiger partial charge on any atom is -0.504 e. The molecule has 2 aliphatic rings. The van der Waals surface area contributed by atoms with E-state index in [-0.39, 0.29) is 28.4 Å². The highest BCUT2D eigenvalue weighted by molar-refractivity contribution is 6.03. The SMILES string of the molecule is C[C@H]1O[C@@H](Oc2ccc3c(c2)O[C@@H](c2ccc(O)c(O)c2)[C@@H](O)C3=O)[C@H](O)[C@@H](O)[C@H]1O. The summed E-state index contributed by atoms with van der Waals surface area (Å²) in [4.78, 5) is 12.6. The van der Waals surface area contributed by atoms with E-state index in [1.165, 1.54) is 43.3 Å². The van der Waals surface area contributed by atoms with Crippen LogP contribution in [-0.2, 0) is 4.74 Å². The lowest BCUT2D eigenvalue weighted by Crippen LogP contribution is -2.58. The second-order valence-electron chi connectivity index (χ2n) is 7.55. The summed E-state index contributed by atoms with van der Waals surface area (Å²) < 4.78 is 16.8. The molecular weight excluding hydrogens is 412 g/mol. The summed E-state index contributed by atoms with van der Waals surface area (Å²) in [5.41, 5.74) is 0.373. The first-order valence-corrected chi connectivity index (χ1v) is 9.58. The lowest BCUT2D eigenvalue weighted by Gasteiger charge is -2.39. The summed E-state index contributed by atoms with van der Waals surface area (Å²) in [6.45, 7) is 1.52. The number of phenols is 2. The zero-order valence-electron chi connectivity index (χ0n) is 16.3. The zero-order chi connectivity index (χ0) is 22.4. The van der Waals surface area contributed by atoms with Crippen LogP contribution in [0.15, 0.2) is 36.4 Å². The van der Waals surface area contributed by atoms with Crippen molar-refractivity contribution in [3.05, 3.63) is 47.5 Å². The molecule has 0 radical (unpaired) electrons. The Balaban J connectivity index is 1.59. The summed E-state index contributed by atoms with van der Waals surface area (Å²) in [6, 6.07) is 7.96. The molecule has 10 heteroatoms. The molecule has 0 aliphatic carbocycles. The van der Waals surface area contributed by atoms with Crippen molar-refractivity contribution in [3.8, 4) is 23.0 Å². The molecular formula is C21H22O10. The number of Topliss-reactive ketones (excluding diaryl/α,β-unsaturated/α-hetero) is 1. The Morgan fingerprint density at radius 3 is 2.35 bits per heavy atom. The van der Waals surface area contributed by atoms with E-state index in [0.717, 1.165) is 0 Å². The molecule has 2 aromatic carbocycles. The van der Waals surface area contributed by atoms with Gasteiger partial charge in [-0.1, -0.05) is 6.07 Å². The van der Waals surface area contributed by atoms with Gasteiger partial charge in [-0.3, -0.25) is 4.79 Å². The first-order valence-electron chi connectivity index (χ1n) is 9.58. The van der Waals surface area contributed by atoms with Crippen LogP contribution in [0.25, 0.3) is 0 Å². The molecule has 0 bridgehead atoms. The third-order valence-corrected chi connectivity index (χ3v) is 5.42. The van der Waals surface area contributed by atoms with Gasteiger partial charge < -0.3 is 44.8 Å². The highest BCUT2D eigenvalue weighted by atomic mass is 16.7. The third-order valence-electron chi connectivity index (χ3n) is 5.42. The van der Waals surface area contributed by atoms with Gasteiger partial charge in [-0.05, 0) is 36.8 Å². The average Bonchev–Trinajstić information content (AvgIpc) is 2.75. The second kappa shape index (κ2) is 7.98. The Hall–Kier alpha value is -2.89. The smallest absolute Gasteiger partial charge is 0.229 e. The molecule has 2 aromatic rings. The van der Waals surface area contributed by atoms with Crippen LogP contribution in [-0.4, -0.2) is 73.2 Å². The van der Waals surface area contributed by atoms with Gasteiger partial charge in [-0.25, -0.2) is 0 Å². The van der Waals surface area contributed by atoms with E-state index in [0.29, 0.717) is 0 Å². The van der Waals surface area contributed by atoms with Crippen molar-refractivity contribution in [3.63, 3.8) is 0 Å². The number of ketones is 1. The van der Waals surface area contributed by atoms with Crippen molar-refractivity contribution < 1.29 is 49.6 Å². The van der Waals surface area contributed by atoms with Crippen LogP contribution in [0, 0.1) is 0 Å². The molecule has 1 fully saturated rings. The Morgan fingerprint density at radius 2 is 1.65 bits per heavy atom.